The number of hydrogen-bond donors (Lipinski definition) is 2. The van der Waals surface area contributed by atoms with Crippen LogP contribution in [0.15, 0.2) is 18.2 Å². The van der Waals surface area contributed by atoms with Crippen LogP contribution in [-0.2, 0) is 4.79 Å². The average molecular weight is 322 g/mol. The van der Waals surface area contributed by atoms with E-state index in [0.29, 0.717) is 11.4 Å². The number of fused-ring (bicyclic) bond motifs is 2. The standard InChI is InChI=1S/C18H24ClNO2/c1-11-5-6-12(19)9-13(11)20-15(22)18-8-7-17(4,14(21)10-18)16(18,2)3/h5-6,9,14,21H,7-8,10H2,1-4H3,(H,20,22). The fourth-order valence-electron chi connectivity index (χ4n) is 4.60. The Morgan fingerprint density at radius 2 is 2.00 bits per heavy atom. The zero-order valence-corrected chi connectivity index (χ0v) is 14.4. The van der Waals surface area contributed by atoms with Gasteiger partial charge >= 0.3 is 0 Å². The van der Waals surface area contributed by atoms with E-state index in [1.54, 1.807) is 6.07 Å². The van der Waals surface area contributed by atoms with Crippen molar-refractivity contribution in [1.82, 2.24) is 0 Å². The van der Waals surface area contributed by atoms with Gasteiger partial charge in [-0.25, -0.2) is 0 Å². The van der Waals surface area contributed by atoms with E-state index in [2.05, 4.69) is 26.1 Å². The summed E-state index contributed by atoms with van der Waals surface area (Å²) in [6.45, 7) is 8.32. The molecule has 2 saturated carbocycles. The lowest BCUT2D eigenvalue weighted by Gasteiger charge is -2.40. The van der Waals surface area contributed by atoms with Gasteiger partial charge in [-0.15, -0.1) is 0 Å². The van der Waals surface area contributed by atoms with Crippen molar-refractivity contribution in [2.75, 3.05) is 5.32 Å². The number of carbonyl (C=O) groups excluding carboxylic acids is 1. The Hall–Kier alpha value is -1.06. The molecule has 0 spiro atoms. The first-order chi connectivity index (χ1) is 10.1. The summed E-state index contributed by atoms with van der Waals surface area (Å²) < 4.78 is 0. The van der Waals surface area contributed by atoms with Crippen LogP contribution in [0.2, 0.25) is 5.02 Å². The van der Waals surface area contributed by atoms with Gasteiger partial charge in [0.1, 0.15) is 0 Å². The molecule has 3 atom stereocenters. The summed E-state index contributed by atoms with van der Waals surface area (Å²) >= 11 is 6.05. The van der Waals surface area contributed by atoms with E-state index in [0.717, 1.165) is 24.1 Å². The first-order valence-corrected chi connectivity index (χ1v) is 8.27. The van der Waals surface area contributed by atoms with Gasteiger partial charge in [0, 0.05) is 10.7 Å². The molecule has 0 heterocycles. The monoisotopic (exact) mass is 321 g/mol. The molecule has 2 aliphatic rings. The minimum Gasteiger partial charge on any atom is -0.393 e. The van der Waals surface area contributed by atoms with E-state index in [1.165, 1.54) is 0 Å². The van der Waals surface area contributed by atoms with Crippen LogP contribution in [0.4, 0.5) is 5.69 Å². The van der Waals surface area contributed by atoms with Crippen LogP contribution in [0.25, 0.3) is 0 Å². The van der Waals surface area contributed by atoms with Gasteiger partial charge in [-0.2, -0.15) is 0 Å². The molecule has 2 N–H and O–H groups in total. The number of aliphatic hydroxyl groups is 1. The zero-order chi connectivity index (χ0) is 16.3. The zero-order valence-electron chi connectivity index (χ0n) is 13.7. The summed E-state index contributed by atoms with van der Waals surface area (Å²) in [4.78, 5) is 13.1. The van der Waals surface area contributed by atoms with E-state index in [9.17, 15) is 9.90 Å². The van der Waals surface area contributed by atoms with Crippen LogP contribution in [0.3, 0.4) is 0 Å². The molecular formula is C18H24ClNO2. The van der Waals surface area contributed by atoms with E-state index < -0.39 is 11.5 Å². The quantitative estimate of drug-likeness (QED) is 0.859. The van der Waals surface area contributed by atoms with Crippen molar-refractivity contribution < 1.29 is 9.90 Å². The summed E-state index contributed by atoms with van der Waals surface area (Å²) in [5.41, 5.74) is 0.837. The van der Waals surface area contributed by atoms with Crippen LogP contribution in [0, 0.1) is 23.2 Å². The Kier molecular flexibility index (Phi) is 3.39. The largest absolute Gasteiger partial charge is 0.393 e. The maximum absolute atomic E-state index is 13.1. The predicted octanol–water partition coefficient (Wildman–Crippen LogP) is 4.16. The summed E-state index contributed by atoms with van der Waals surface area (Å²) in [7, 11) is 0. The average Bonchev–Trinajstić information content (AvgIpc) is 2.73. The number of nitrogens with one attached hydrogen (secondary N) is 1. The first-order valence-electron chi connectivity index (χ1n) is 7.90. The number of aliphatic hydroxyl groups excluding tert-OH is 1. The Bertz CT molecular complexity index is 642. The molecule has 22 heavy (non-hydrogen) atoms. The third-order valence-electron chi connectivity index (χ3n) is 6.86. The van der Waals surface area contributed by atoms with Crippen molar-refractivity contribution in [3.8, 4) is 0 Å². The predicted molar refractivity (Wildman–Crippen MR) is 89.0 cm³/mol. The van der Waals surface area contributed by atoms with Gasteiger partial charge in [0.2, 0.25) is 5.91 Å². The normalized spacial score (nSPS) is 35.6. The molecule has 2 fully saturated rings. The molecular weight excluding hydrogens is 298 g/mol. The molecule has 0 radical (unpaired) electrons. The van der Waals surface area contributed by atoms with Gasteiger partial charge < -0.3 is 10.4 Å². The molecule has 3 rings (SSSR count). The van der Waals surface area contributed by atoms with E-state index in [1.807, 2.05) is 19.1 Å². The highest BCUT2D eigenvalue weighted by Crippen LogP contribution is 2.72. The molecule has 1 aromatic rings. The molecule has 2 aliphatic carbocycles. The number of aryl methyl sites for hydroxylation is 1. The fourth-order valence-corrected chi connectivity index (χ4v) is 4.77. The highest BCUT2D eigenvalue weighted by molar-refractivity contribution is 6.31. The third-order valence-corrected chi connectivity index (χ3v) is 7.09. The van der Waals surface area contributed by atoms with Crippen molar-refractivity contribution in [2.45, 2.75) is 53.1 Å². The number of anilines is 1. The van der Waals surface area contributed by atoms with Crippen LogP contribution in [0.5, 0.6) is 0 Å². The molecule has 1 amide bonds. The van der Waals surface area contributed by atoms with Crippen molar-refractivity contribution in [2.24, 2.45) is 16.2 Å². The van der Waals surface area contributed by atoms with Crippen molar-refractivity contribution in [1.29, 1.82) is 0 Å². The molecule has 3 unspecified atom stereocenters. The third kappa shape index (κ3) is 1.82. The molecule has 2 bridgehead atoms. The second-order valence-electron chi connectivity index (χ2n) is 7.76. The summed E-state index contributed by atoms with van der Waals surface area (Å²) in [5, 5.41) is 14.2. The van der Waals surface area contributed by atoms with E-state index >= 15 is 0 Å². The van der Waals surface area contributed by atoms with Crippen molar-refractivity contribution in [3.63, 3.8) is 0 Å². The van der Waals surface area contributed by atoms with Crippen molar-refractivity contribution >= 4 is 23.2 Å². The molecule has 120 valence electrons. The number of carbonyl (C=O) groups is 1. The van der Waals surface area contributed by atoms with Gasteiger partial charge in [0.15, 0.2) is 0 Å². The maximum Gasteiger partial charge on any atom is 0.231 e. The number of hydrogen-bond acceptors (Lipinski definition) is 2. The molecule has 4 heteroatoms. The first kappa shape index (κ1) is 15.8. The van der Waals surface area contributed by atoms with Gasteiger partial charge in [0.05, 0.1) is 11.5 Å². The number of amides is 1. The minimum absolute atomic E-state index is 0.0168. The molecule has 1 aromatic carbocycles. The molecule has 3 nitrogen and oxygen atoms in total. The molecule has 0 aliphatic heterocycles. The lowest BCUT2D eigenvalue weighted by molar-refractivity contribution is -0.130. The Morgan fingerprint density at radius 1 is 1.32 bits per heavy atom. The molecule has 0 aromatic heterocycles. The maximum atomic E-state index is 13.1. The SMILES string of the molecule is Cc1ccc(Cl)cc1NC(=O)C12CCC(C)(C(O)C1)C2(C)C. The molecule has 0 saturated heterocycles. The smallest absolute Gasteiger partial charge is 0.231 e. The van der Waals surface area contributed by atoms with Crippen molar-refractivity contribution in [3.05, 3.63) is 28.8 Å². The van der Waals surface area contributed by atoms with Crippen LogP contribution >= 0.6 is 11.6 Å². The lowest BCUT2D eigenvalue weighted by Crippen LogP contribution is -2.43. The lowest BCUT2D eigenvalue weighted by atomic mass is 9.64. The van der Waals surface area contributed by atoms with Gasteiger partial charge in [0.25, 0.3) is 0 Å². The second kappa shape index (κ2) is 4.72. The van der Waals surface area contributed by atoms with Crippen LogP contribution in [0.1, 0.15) is 45.6 Å². The van der Waals surface area contributed by atoms with Crippen LogP contribution < -0.4 is 5.32 Å². The minimum atomic E-state index is -0.504. The van der Waals surface area contributed by atoms with E-state index in [4.69, 9.17) is 11.6 Å². The Labute approximate surface area is 137 Å². The van der Waals surface area contributed by atoms with Gasteiger partial charge in [-0.05, 0) is 54.7 Å². The summed E-state index contributed by atoms with van der Waals surface area (Å²) in [5.74, 6) is 0.0168. The van der Waals surface area contributed by atoms with Gasteiger partial charge in [-0.3, -0.25) is 4.79 Å². The fraction of sp³-hybridized carbons (Fsp3) is 0.611. The second-order valence-corrected chi connectivity index (χ2v) is 8.19. The number of halogens is 1. The topological polar surface area (TPSA) is 49.3 Å². The summed E-state index contributed by atoms with van der Waals surface area (Å²) in [6, 6.07) is 5.52. The van der Waals surface area contributed by atoms with Crippen LogP contribution in [-0.4, -0.2) is 17.1 Å². The number of benzene rings is 1. The highest BCUT2D eigenvalue weighted by atomic mass is 35.5. The number of rotatable bonds is 2. The highest BCUT2D eigenvalue weighted by Gasteiger charge is 2.72. The summed E-state index contributed by atoms with van der Waals surface area (Å²) in [6.07, 6.45) is 1.85. The van der Waals surface area contributed by atoms with E-state index in [-0.39, 0.29) is 16.7 Å². The Balaban J connectivity index is 1.94. The van der Waals surface area contributed by atoms with Gasteiger partial charge in [-0.1, -0.05) is 38.4 Å². The Morgan fingerprint density at radius 3 is 2.55 bits per heavy atom.